The van der Waals surface area contributed by atoms with E-state index in [4.69, 9.17) is 9.47 Å². The number of hydrogen-bond donors (Lipinski definition) is 1. The van der Waals surface area contributed by atoms with Crippen molar-refractivity contribution in [2.24, 2.45) is 0 Å². The lowest BCUT2D eigenvalue weighted by Crippen LogP contribution is -2.01. The molecule has 5 heteroatoms. The molecule has 20 heavy (non-hydrogen) atoms. The van der Waals surface area contributed by atoms with Gasteiger partial charge in [-0.2, -0.15) is 0 Å². The Balaban J connectivity index is 1.70. The SMILES string of the molecule is Fc1cncc(CNc2ccc3c(c2)OCCCO3)c1. The first-order valence-electron chi connectivity index (χ1n) is 6.54. The monoisotopic (exact) mass is 274 g/mol. The van der Waals surface area contributed by atoms with Crippen molar-refractivity contribution in [2.45, 2.75) is 13.0 Å². The van der Waals surface area contributed by atoms with Crippen molar-refractivity contribution in [3.8, 4) is 11.5 Å². The number of nitrogens with one attached hydrogen (secondary N) is 1. The standard InChI is InChI=1S/C15H15FN2O2/c16-12-6-11(8-17-10-12)9-18-13-2-3-14-15(7-13)20-5-1-4-19-14/h2-3,6-8,10,18H,1,4-5,9H2. The molecule has 0 unspecified atom stereocenters. The maximum absolute atomic E-state index is 13.0. The molecule has 104 valence electrons. The summed E-state index contributed by atoms with van der Waals surface area (Å²) in [7, 11) is 0. The third kappa shape index (κ3) is 2.99. The molecule has 0 bridgehead atoms. The molecule has 0 saturated carbocycles. The molecule has 0 atom stereocenters. The molecule has 1 aliphatic heterocycles. The minimum absolute atomic E-state index is 0.331. The predicted octanol–water partition coefficient (Wildman–Crippen LogP) is 2.99. The van der Waals surface area contributed by atoms with E-state index in [9.17, 15) is 4.39 Å². The van der Waals surface area contributed by atoms with E-state index >= 15 is 0 Å². The summed E-state index contributed by atoms with van der Waals surface area (Å²) in [6.07, 6.45) is 3.71. The Morgan fingerprint density at radius 1 is 1.10 bits per heavy atom. The largest absolute Gasteiger partial charge is 0.490 e. The third-order valence-electron chi connectivity index (χ3n) is 3.01. The summed E-state index contributed by atoms with van der Waals surface area (Å²) >= 11 is 0. The van der Waals surface area contributed by atoms with E-state index in [0.717, 1.165) is 29.2 Å². The quantitative estimate of drug-likeness (QED) is 0.934. The number of halogens is 1. The van der Waals surface area contributed by atoms with E-state index in [1.165, 1.54) is 12.3 Å². The molecule has 1 aromatic heterocycles. The van der Waals surface area contributed by atoms with Gasteiger partial charge in [-0.25, -0.2) is 4.39 Å². The van der Waals surface area contributed by atoms with Gasteiger partial charge in [0.1, 0.15) is 5.82 Å². The number of benzene rings is 1. The molecule has 4 nitrogen and oxygen atoms in total. The van der Waals surface area contributed by atoms with Crippen LogP contribution in [0.25, 0.3) is 0 Å². The lowest BCUT2D eigenvalue weighted by Gasteiger charge is -2.11. The van der Waals surface area contributed by atoms with Gasteiger partial charge in [0.05, 0.1) is 19.4 Å². The maximum atomic E-state index is 13.0. The Kier molecular flexibility index (Phi) is 3.67. The fourth-order valence-corrected chi connectivity index (χ4v) is 2.03. The number of nitrogens with zero attached hydrogens (tertiary/aromatic N) is 1. The van der Waals surface area contributed by atoms with Crippen LogP contribution in [0.5, 0.6) is 11.5 Å². The third-order valence-corrected chi connectivity index (χ3v) is 3.01. The molecule has 0 fully saturated rings. The molecular weight excluding hydrogens is 259 g/mol. The second kappa shape index (κ2) is 5.77. The number of fused-ring (bicyclic) bond motifs is 1. The summed E-state index contributed by atoms with van der Waals surface area (Å²) in [5.74, 6) is 1.17. The van der Waals surface area contributed by atoms with Gasteiger partial charge in [0.15, 0.2) is 11.5 Å². The average Bonchev–Trinajstić information content (AvgIpc) is 2.70. The fraction of sp³-hybridized carbons (Fsp3) is 0.267. The molecule has 0 radical (unpaired) electrons. The predicted molar refractivity (Wildman–Crippen MR) is 73.6 cm³/mol. The van der Waals surface area contributed by atoms with E-state index in [1.54, 1.807) is 6.20 Å². The summed E-state index contributed by atoms with van der Waals surface area (Å²) in [6, 6.07) is 7.16. The van der Waals surface area contributed by atoms with Gasteiger partial charge in [0.2, 0.25) is 0 Å². The van der Waals surface area contributed by atoms with Crippen LogP contribution in [-0.4, -0.2) is 18.2 Å². The van der Waals surface area contributed by atoms with Crippen molar-refractivity contribution >= 4 is 5.69 Å². The van der Waals surface area contributed by atoms with E-state index in [1.807, 2.05) is 18.2 Å². The van der Waals surface area contributed by atoms with Gasteiger partial charge in [-0.15, -0.1) is 0 Å². The second-order valence-corrected chi connectivity index (χ2v) is 4.58. The van der Waals surface area contributed by atoms with Gasteiger partial charge in [0, 0.05) is 30.9 Å². The smallest absolute Gasteiger partial charge is 0.163 e. The van der Waals surface area contributed by atoms with Crippen molar-refractivity contribution in [3.05, 3.63) is 48.0 Å². The number of aromatic nitrogens is 1. The molecule has 1 aliphatic rings. The number of ether oxygens (including phenoxy) is 2. The average molecular weight is 274 g/mol. The molecule has 2 aromatic rings. The summed E-state index contributed by atoms with van der Waals surface area (Å²) in [4.78, 5) is 3.82. The van der Waals surface area contributed by atoms with Gasteiger partial charge in [-0.1, -0.05) is 0 Å². The van der Waals surface area contributed by atoms with Gasteiger partial charge in [0.25, 0.3) is 0 Å². The van der Waals surface area contributed by atoms with Crippen molar-refractivity contribution in [2.75, 3.05) is 18.5 Å². The Morgan fingerprint density at radius 2 is 1.95 bits per heavy atom. The second-order valence-electron chi connectivity index (χ2n) is 4.58. The van der Waals surface area contributed by atoms with Gasteiger partial charge in [-0.05, 0) is 23.8 Å². The van der Waals surface area contributed by atoms with Crippen LogP contribution in [0.15, 0.2) is 36.7 Å². The van der Waals surface area contributed by atoms with Crippen LogP contribution >= 0.6 is 0 Å². The lowest BCUT2D eigenvalue weighted by molar-refractivity contribution is 0.297. The molecule has 3 rings (SSSR count). The molecule has 2 heterocycles. The van der Waals surface area contributed by atoms with Crippen molar-refractivity contribution in [3.63, 3.8) is 0 Å². The van der Waals surface area contributed by atoms with Gasteiger partial charge < -0.3 is 14.8 Å². The van der Waals surface area contributed by atoms with E-state index in [2.05, 4.69) is 10.3 Å². The molecule has 1 aromatic carbocycles. The highest BCUT2D eigenvalue weighted by Crippen LogP contribution is 2.32. The van der Waals surface area contributed by atoms with Gasteiger partial charge in [-0.3, -0.25) is 4.98 Å². The summed E-state index contributed by atoms with van der Waals surface area (Å²) in [5.41, 5.74) is 1.69. The normalized spacial score (nSPS) is 13.7. The number of anilines is 1. The van der Waals surface area contributed by atoms with E-state index in [0.29, 0.717) is 19.8 Å². The lowest BCUT2D eigenvalue weighted by atomic mass is 10.2. The van der Waals surface area contributed by atoms with Crippen LogP contribution in [-0.2, 0) is 6.54 Å². The molecule has 0 saturated heterocycles. The first kappa shape index (κ1) is 12.7. The molecule has 0 amide bonds. The zero-order chi connectivity index (χ0) is 13.8. The summed E-state index contributed by atoms with van der Waals surface area (Å²) in [6.45, 7) is 1.84. The zero-order valence-corrected chi connectivity index (χ0v) is 10.9. The molecular formula is C15H15FN2O2. The summed E-state index contributed by atoms with van der Waals surface area (Å²) < 4.78 is 24.2. The van der Waals surface area contributed by atoms with Crippen molar-refractivity contribution in [1.82, 2.24) is 4.98 Å². The highest BCUT2D eigenvalue weighted by atomic mass is 19.1. The van der Waals surface area contributed by atoms with Crippen LogP contribution in [0.4, 0.5) is 10.1 Å². The number of pyridine rings is 1. The van der Waals surface area contributed by atoms with Gasteiger partial charge >= 0.3 is 0 Å². The Morgan fingerprint density at radius 3 is 2.80 bits per heavy atom. The number of rotatable bonds is 3. The first-order chi connectivity index (χ1) is 9.81. The maximum Gasteiger partial charge on any atom is 0.163 e. The minimum Gasteiger partial charge on any atom is -0.490 e. The van der Waals surface area contributed by atoms with Crippen molar-refractivity contribution < 1.29 is 13.9 Å². The molecule has 0 aliphatic carbocycles. The van der Waals surface area contributed by atoms with Crippen LogP contribution < -0.4 is 14.8 Å². The van der Waals surface area contributed by atoms with Crippen molar-refractivity contribution in [1.29, 1.82) is 0 Å². The first-order valence-corrected chi connectivity index (χ1v) is 6.54. The highest BCUT2D eigenvalue weighted by Gasteiger charge is 2.10. The van der Waals surface area contributed by atoms with E-state index < -0.39 is 0 Å². The fourth-order valence-electron chi connectivity index (χ4n) is 2.03. The minimum atomic E-state index is -0.331. The number of hydrogen-bond acceptors (Lipinski definition) is 4. The Labute approximate surface area is 116 Å². The zero-order valence-electron chi connectivity index (χ0n) is 10.9. The molecule has 0 spiro atoms. The molecule has 1 N–H and O–H groups in total. The van der Waals surface area contributed by atoms with Crippen LogP contribution in [0.2, 0.25) is 0 Å². The van der Waals surface area contributed by atoms with E-state index in [-0.39, 0.29) is 5.82 Å². The summed E-state index contributed by atoms with van der Waals surface area (Å²) in [5, 5.41) is 3.22. The Bertz CT molecular complexity index is 604. The Hall–Kier alpha value is -2.30. The highest BCUT2D eigenvalue weighted by molar-refractivity contribution is 5.55. The van der Waals surface area contributed by atoms with Crippen LogP contribution in [0.3, 0.4) is 0 Å². The van der Waals surface area contributed by atoms with Crippen LogP contribution in [0, 0.1) is 5.82 Å². The van der Waals surface area contributed by atoms with Crippen LogP contribution in [0.1, 0.15) is 12.0 Å². The topological polar surface area (TPSA) is 43.4 Å².